The number of fused-ring (bicyclic) bond motifs is 1. The summed E-state index contributed by atoms with van der Waals surface area (Å²) in [7, 11) is 0. The Labute approximate surface area is 137 Å². The Kier molecular flexibility index (Phi) is 4.42. The number of anilines is 1. The van der Waals surface area contributed by atoms with E-state index in [1.807, 2.05) is 12.2 Å². The van der Waals surface area contributed by atoms with E-state index in [-0.39, 0.29) is 42.3 Å². The zero-order valence-electron chi connectivity index (χ0n) is 12.8. The Morgan fingerprint density at radius 3 is 2.38 bits per heavy atom. The van der Waals surface area contributed by atoms with Crippen molar-refractivity contribution < 1.29 is 23.2 Å². The summed E-state index contributed by atoms with van der Waals surface area (Å²) in [6.45, 7) is -0.0621. The van der Waals surface area contributed by atoms with Crippen molar-refractivity contribution in [2.24, 2.45) is 11.8 Å². The second-order valence-corrected chi connectivity index (χ2v) is 5.91. The molecule has 0 bridgehead atoms. The van der Waals surface area contributed by atoms with Gasteiger partial charge in [0, 0.05) is 19.0 Å². The lowest BCUT2D eigenvalue weighted by molar-refractivity contribution is -0.140. The average Bonchev–Trinajstić information content (AvgIpc) is 2.81. The van der Waals surface area contributed by atoms with Crippen LogP contribution in [-0.2, 0) is 14.4 Å². The molecule has 1 aromatic carbocycles. The van der Waals surface area contributed by atoms with E-state index >= 15 is 0 Å². The van der Waals surface area contributed by atoms with Gasteiger partial charge >= 0.3 is 0 Å². The molecule has 5 nitrogen and oxygen atoms in total. The first-order valence-electron chi connectivity index (χ1n) is 7.72. The molecule has 2 atom stereocenters. The number of benzene rings is 1. The van der Waals surface area contributed by atoms with Crippen LogP contribution in [0.15, 0.2) is 30.4 Å². The molecule has 3 rings (SSSR count). The van der Waals surface area contributed by atoms with Crippen LogP contribution in [0.5, 0.6) is 0 Å². The molecule has 0 radical (unpaired) electrons. The number of hydrogen-bond acceptors (Lipinski definition) is 3. The predicted octanol–water partition coefficient (Wildman–Crippen LogP) is 2.24. The molecule has 1 N–H and O–H groups in total. The third-order valence-electron chi connectivity index (χ3n) is 4.36. The Balaban J connectivity index is 1.59. The van der Waals surface area contributed by atoms with Crippen LogP contribution in [0.4, 0.5) is 14.5 Å². The minimum atomic E-state index is -0.754. The largest absolute Gasteiger partial charge is 0.323 e. The Bertz CT molecular complexity index is 707. The highest BCUT2D eigenvalue weighted by atomic mass is 19.1. The van der Waals surface area contributed by atoms with Crippen molar-refractivity contribution in [3.8, 4) is 0 Å². The normalized spacial score (nSPS) is 22.7. The average molecular weight is 334 g/mol. The molecular formula is C17H16F2N2O3. The highest BCUT2D eigenvalue weighted by Crippen LogP contribution is 2.35. The number of carbonyl (C=O) groups excluding carboxylic acids is 3. The van der Waals surface area contributed by atoms with E-state index in [1.165, 1.54) is 0 Å². The molecule has 1 fully saturated rings. The fourth-order valence-corrected chi connectivity index (χ4v) is 3.11. The zero-order valence-corrected chi connectivity index (χ0v) is 12.8. The Morgan fingerprint density at radius 1 is 1.12 bits per heavy atom. The third kappa shape index (κ3) is 3.06. The van der Waals surface area contributed by atoms with Crippen molar-refractivity contribution in [3.05, 3.63) is 42.0 Å². The molecule has 1 aliphatic heterocycles. The molecular weight excluding hydrogens is 318 g/mol. The van der Waals surface area contributed by atoms with Crippen molar-refractivity contribution in [2.75, 3.05) is 11.9 Å². The molecule has 1 saturated heterocycles. The van der Waals surface area contributed by atoms with Gasteiger partial charge < -0.3 is 5.32 Å². The topological polar surface area (TPSA) is 66.5 Å². The summed E-state index contributed by atoms with van der Waals surface area (Å²) < 4.78 is 26.6. The number of nitrogens with one attached hydrogen (secondary N) is 1. The van der Waals surface area contributed by atoms with E-state index in [9.17, 15) is 23.2 Å². The summed E-state index contributed by atoms with van der Waals surface area (Å²) in [6.07, 6.45) is 4.67. The summed E-state index contributed by atoms with van der Waals surface area (Å²) in [5.41, 5.74) is -0.267. The maximum absolute atomic E-state index is 13.5. The molecule has 1 aliphatic carbocycles. The molecule has 7 heteroatoms. The van der Waals surface area contributed by atoms with Gasteiger partial charge in [0.05, 0.1) is 17.5 Å². The van der Waals surface area contributed by atoms with E-state index in [4.69, 9.17) is 0 Å². The van der Waals surface area contributed by atoms with Gasteiger partial charge in [-0.3, -0.25) is 19.3 Å². The zero-order chi connectivity index (χ0) is 17.3. The number of imide groups is 1. The molecule has 126 valence electrons. The maximum Gasteiger partial charge on any atom is 0.233 e. The van der Waals surface area contributed by atoms with Gasteiger partial charge in [-0.1, -0.05) is 12.2 Å². The maximum atomic E-state index is 13.5. The van der Waals surface area contributed by atoms with Gasteiger partial charge in [-0.25, -0.2) is 8.78 Å². The highest BCUT2D eigenvalue weighted by molar-refractivity contribution is 6.05. The van der Waals surface area contributed by atoms with Gasteiger partial charge in [-0.15, -0.1) is 0 Å². The van der Waals surface area contributed by atoms with Crippen LogP contribution >= 0.6 is 0 Å². The van der Waals surface area contributed by atoms with Crippen LogP contribution in [0.3, 0.4) is 0 Å². The van der Waals surface area contributed by atoms with Crippen LogP contribution in [0.1, 0.15) is 19.3 Å². The Hall–Kier alpha value is -2.57. The first kappa shape index (κ1) is 16.3. The molecule has 2 aliphatic rings. The van der Waals surface area contributed by atoms with Crippen molar-refractivity contribution in [3.63, 3.8) is 0 Å². The van der Waals surface area contributed by atoms with Gasteiger partial charge in [-0.2, -0.15) is 0 Å². The van der Waals surface area contributed by atoms with Gasteiger partial charge in [0.15, 0.2) is 0 Å². The third-order valence-corrected chi connectivity index (χ3v) is 4.36. The monoisotopic (exact) mass is 334 g/mol. The molecule has 0 unspecified atom stereocenters. The quantitative estimate of drug-likeness (QED) is 0.678. The van der Waals surface area contributed by atoms with E-state index in [1.54, 1.807) is 0 Å². The number of amides is 3. The lowest BCUT2D eigenvalue weighted by Crippen LogP contribution is -2.34. The molecule has 3 amide bonds. The van der Waals surface area contributed by atoms with Crippen molar-refractivity contribution in [2.45, 2.75) is 19.3 Å². The number of halogens is 2. The predicted molar refractivity (Wildman–Crippen MR) is 81.7 cm³/mol. The number of likely N-dealkylation sites (tertiary alicyclic amines) is 1. The number of carbonyl (C=O) groups is 3. The molecule has 0 saturated carbocycles. The van der Waals surface area contributed by atoms with Gasteiger partial charge in [0.2, 0.25) is 17.7 Å². The summed E-state index contributed by atoms with van der Waals surface area (Å²) in [5.74, 6) is -3.23. The summed E-state index contributed by atoms with van der Waals surface area (Å²) in [4.78, 5) is 37.5. The first-order chi connectivity index (χ1) is 11.5. The summed E-state index contributed by atoms with van der Waals surface area (Å²) >= 11 is 0. The standard InChI is InChI=1S/C17H16F2N2O3/c18-10-5-6-13(19)14(9-10)20-15(22)7-8-21-16(23)11-3-1-2-4-12(11)17(21)24/h1-2,5-6,9,11-12H,3-4,7-8H2,(H,20,22)/t11-,12-/m0/s1. The minimum Gasteiger partial charge on any atom is -0.323 e. The Morgan fingerprint density at radius 2 is 1.75 bits per heavy atom. The fraction of sp³-hybridized carbons (Fsp3) is 0.353. The molecule has 1 heterocycles. The van der Waals surface area contributed by atoms with Gasteiger partial charge in [-0.05, 0) is 25.0 Å². The van der Waals surface area contributed by atoms with E-state index in [0.717, 1.165) is 23.1 Å². The number of allylic oxidation sites excluding steroid dienone is 2. The summed E-state index contributed by atoms with van der Waals surface area (Å²) in [6, 6.07) is 2.73. The summed E-state index contributed by atoms with van der Waals surface area (Å²) in [5, 5.41) is 2.25. The highest BCUT2D eigenvalue weighted by Gasteiger charge is 2.46. The lowest BCUT2D eigenvalue weighted by Gasteiger charge is -2.14. The SMILES string of the molecule is O=C(CCN1C(=O)[C@H]2CC=CC[C@@H]2C1=O)Nc1cc(F)ccc1F. The number of rotatable bonds is 4. The molecule has 0 aromatic heterocycles. The fourth-order valence-electron chi connectivity index (χ4n) is 3.11. The minimum absolute atomic E-state index is 0.0621. The number of nitrogens with zero attached hydrogens (tertiary/aromatic N) is 1. The molecule has 24 heavy (non-hydrogen) atoms. The van der Waals surface area contributed by atoms with Crippen molar-refractivity contribution >= 4 is 23.4 Å². The van der Waals surface area contributed by atoms with Crippen LogP contribution in [0.25, 0.3) is 0 Å². The van der Waals surface area contributed by atoms with E-state index in [2.05, 4.69) is 5.32 Å². The van der Waals surface area contributed by atoms with Gasteiger partial charge in [0.25, 0.3) is 0 Å². The van der Waals surface area contributed by atoms with Crippen molar-refractivity contribution in [1.82, 2.24) is 4.90 Å². The van der Waals surface area contributed by atoms with Crippen LogP contribution in [-0.4, -0.2) is 29.2 Å². The second kappa shape index (κ2) is 6.51. The molecule has 0 spiro atoms. The van der Waals surface area contributed by atoms with Crippen molar-refractivity contribution in [1.29, 1.82) is 0 Å². The van der Waals surface area contributed by atoms with Crippen LogP contribution in [0, 0.1) is 23.5 Å². The smallest absolute Gasteiger partial charge is 0.233 e. The van der Waals surface area contributed by atoms with Gasteiger partial charge in [0.1, 0.15) is 11.6 Å². The lowest BCUT2D eigenvalue weighted by atomic mass is 9.85. The van der Waals surface area contributed by atoms with Crippen LogP contribution in [0.2, 0.25) is 0 Å². The van der Waals surface area contributed by atoms with E-state index < -0.39 is 17.5 Å². The molecule has 1 aromatic rings. The first-order valence-corrected chi connectivity index (χ1v) is 7.72. The number of hydrogen-bond donors (Lipinski definition) is 1. The van der Waals surface area contributed by atoms with E-state index in [0.29, 0.717) is 12.8 Å². The van der Waals surface area contributed by atoms with Crippen LogP contribution < -0.4 is 5.32 Å². The second-order valence-electron chi connectivity index (χ2n) is 5.91.